The van der Waals surface area contributed by atoms with E-state index < -0.39 is 27.6 Å². The molecule has 0 radical (unpaired) electrons. The number of primary amides is 1. The van der Waals surface area contributed by atoms with Crippen LogP contribution in [0.15, 0.2) is 17.1 Å². The highest BCUT2D eigenvalue weighted by molar-refractivity contribution is 7.89. The first-order valence-corrected chi connectivity index (χ1v) is 17.2. The summed E-state index contributed by atoms with van der Waals surface area (Å²) >= 11 is 0. The van der Waals surface area contributed by atoms with Crippen LogP contribution in [-0.2, 0) is 26.0 Å². The van der Waals surface area contributed by atoms with E-state index in [0.717, 1.165) is 86.7 Å². The second kappa shape index (κ2) is 15.7. The lowest BCUT2D eigenvalue weighted by atomic mass is 9.89. The number of urea groups is 1. The van der Waals surface area contributed by atoms with Gasteiger partial charge in [-0.2, -0.15) is 0 Å². The number of aryl methyl sites for hydroxylation is 2. The highest BCUT2D eigenvalue weighted by Crippen LogP contribution is 2.32. The van der Waals surface area contributed by atoms with Crippen molar-refractivity contribution in [2.45, 2.75) is 109 Å². The molecule has 12 heteroatoms. The molecule has 3 rings (SSSR count). The average Bonchev–Trinajstić information content (AvgIpc) is 3.24. The number of sulfonamides is 1. The van der Waals surface area contributed by atoms with Crippen molar-refractivity contribution in [1.29, 1.82) is 0 Å². The Bertz CT molecular complexity index is 1260. The number of carbonyl (C=O) groups excluding carboxylic acids is 2. The summed E-state index contributed by atoms with van der Waals surface area (Å²) in [5, 5.41) is 11.6. The number of carboxylic acids is 1. The number of aliphatic carboxylic acids is 1. The number of piperidine rings is 1. The molecule has 0 atom stereocenters. The van der Waals surface area contributed by atoms with E-state index >= 15 is 0 Å². The minimum atomic E-state index is -3.52. The maximum absolute atomic E-state index is 13.2. The van der Waals surface area contributed by atoms with Gasteiger partial charge in [0.2, 0.25) is 10.0 Å². The zero-order chi connectivity index (χ0) is 31.6. The number of aliphatic imine (C=N–C) groups is 1. The van der Waals surface area contributed by atoms with E-state index in [1.54, 1.807) is 7.05 Å². The number of amidine groups is 1. The van der Waals surface area contributed by atoms with Crippen molar-refractivity contribution in [1.82, 2.24) is 9.62 Å². The number of amides is 3. The van der Waals surface area contributed by atoms with Gasteiger partial charge in [-0.15, -0.1) is 0 Å². The first-order chi connectivity index (χ1) is 20.3. The van der Waals surface area contributed by atoms with E-state index in [0.29, 0.717) is 24.9 Å². The zero-order valence-electron chi connectivity index (χ0n) is 26.0. The smallest absolute Gasteiger partial charge is 0.318 e. The molecule has 1 aromatic rings. The quantitative estimate of drug-likeness (QED) is 0.219. The van der Waals surface area contributed by atoms with Crippen molar-refractivity contribution in [3.63, 3.8) is 0 Å². The molecule has 0 bridgehead atoms. The Morgan fingerprint density at radius 2 is 1.51 bits per heavy atom. The van der Waals surface area contributed by atoms with Gasteiger partial charge in [0, 0.05) is 38.7 Å². The number of nitrogens with zero attached hydrogens (tertiary/aromatic N) is 3. The minimum Gasteiger partial charge on any atom is -0.481 e. The number of hydrogen-bond acceptors (Lipinski definition) is 6. The molecule has 43 heavy (non-hydrogen) atoms. The number of carboxylic acid groups (broad SMARTS) is 1. The summed E-state index contributed by atoms with van der Waals surface area (Å²) in [6, 6.07) is 3.12. The molecule has 2 heterocycles. The summed E-state index contributed by atoms with van der Waals surface area (Å²) in [6.45, 7) is 4.34. The molecule has 2 aliphatic rings. The summed E-state index contributed by atoms with van der Waals surface area (Å²) in [5.74, 6) is -0.148. The Hall–Kier alpha value is -2.99. The molecule has 0 aliphatic carbocycles. The normalized spacial score (nSPS) is 16.7. The summed E-state index contributed by atoms with van der Waals surface area (Å²) in [5.41, 5.74) is 7.95. The van der Waals surface area contributed by atoms with Gasteiger partial charge < -0.3 is 16.2 Å². The minimum absolute atomic E-state index is 0.0296. The lowest BCUT2D eigenvalue weighted by Gasteiger charge is -2.34. The number of unbranched alkanes of at least 4 members (excludes halogenated alkanes) is 8. The van der Waals surface area contributed by atoms with Gasteiger partial charge in [0.05, 0.1) is 5.75 Å². The molecular weight excluding hydrogens is 570 g/mol. The summed E-state index contributed by atoms with van der Waals surface area (Å²) in [7, 11) is -1.92. The van der Waals surface area contributed by atoms with E-state index in [-0.39, 0.29) is 31.2 Å². The lowest BCUT2D eigenvalue weighted by molar-refractivity contribution is -0.137. The van der Waals surface area contributed by atoms with E-state index in [1.165, 1.54) is 9.21 Å². The van der Waals surface area contributed by atoms with Crippen LogP contribution >= 0.6 is 0 Å². The molecular formula is C31H49N5O6S. The van der Waals surface area contributed by atoms with Crippen LogP contribution in [0.25, 0.3) is 0 Å². The fourth-order valence-electron chi connectivity index (χ4n) is 6.03. The summed E-state index contributed by atoms with van der Waals surface area (Å²) in [6.07, 6.45) is 11.5. The molecule has 0 aromatic heterocycles. The summed E-state index contributed by atoms with van der Waals surface area (Å²) in [4.78, 5) is 41.1. The Balaban J connectivity index is 1.41. The van der Waals surface area contributed by atoms with Crippen molar-refractivity contribution in [2.24, 2.45) is 10.7 Å². The second-order valence-electron chi connectivity index (χ2n) is 12.0. The van der Waals surface area contributed by atoms with Crippen molar-refractivity contribution in [3.05, 3.63) is 28.8 Å². The molecule has 0 saturated carbocycles. The third-order valence-electron chi connectivity index (χ3n) is 8.79. The highest BCUT2D eigenvalue weighted by Gasteiger charge is 2.47. The molecule has 2 aliphatic heterocycles. The van der Waals surface area contributed by atoms with Crippen LogP contribution < -0.4 is 16.0 Å². The molecule has 11 nitrogen and oxygen atoms in total. The van der Waals surface area contributed by atoms with Crippen LogP contribution in [0.4, 0.5) is 10.5 Å². The Labute approximate surface area is 256 Å². The fourth-order valence-corrected chi connectivity index (χ4v) is 7.49. The number of anilines is 1. The van der Waals surface area contributed by atoms with E-state index in [4.69, 9.17) is 15.8 Å². The molecule has 1 spiro atoms. The maximum atomic E-state index is 13.2. The standard InChI is InChI=1S/C31H49N5O6S/c1-23-21-25(35(3)30(32)40)22-24(2)26(23)15-20-43(41,42)36-18-16-31(17-19-36)29(39)33-27(34-31)13-11-9-7-5-4-6-8-10-12-14-28(37)38/h21-22H,4-20H2,1-3H3,(H2,32,40)(H,37,38)(H,33,34,39). The number of benzene rings is 1. The van der Waals surface area contributed by atoms with Crippen LogP contribution in [0.1, 0.15) is 100 Å². The van der Waals surface area contributed by atoms with Gasteiger partial charge in [-0.05, 0) is 74.8 Å². The van der Waals surface area contributed by atoms with Gasteiger partial charge in [-0.1, -0.05) is 44.9 Å². The Morgan fingerprint density at radius 1 is 0.977 bits per heavy atom. The van der Waals surface area contributed by atoms with E-state index in [9.17, 15) is 22.8 Å². The van der Waals surface area contributed by atoms with E-state index in [2.05, 4.69) is 5.32 Å². The first-order valence-electron chi connectivity index (χ1n) is 15.6. The third kappa shape index (κ3) is 9.76. The van der Waals surface area contributed by atoms with Crippen molar-refractivity contribution < 1.29 is 27.9 Å². The SMILES string of the molecule is Cc1cc(N(C)C(N)=O)cc(C)c1CCS(=O)(=O)N1CCC2(CC1)N=C(CCCCCCCCCCCC(=O)O)NC2=O. The van der Waals surface area contributed by atoms with Crippen molar-refractivity contribution in [2.75, 3.05) is 30.8 Å². The van der Waals surface area contributed by atoms with Crippen molar-refractivity contribution >= 4 is 39.5 Å². The monoisotopic (exact) mass is 619 g/mol. The topological polar surface area (TPSA) is 162 Å². The number of carbonyl (C=O) groups is 3. The number of rotatable bonds is 17. The number of hydrogen-bond donors (Lipinski definition) is 3. The molecule has 4 N–H and O–H groups in total. The van der Waals surface area contributed by atoms with Gasteiger partial charge in [0.1, 0.15) is 11.4 Å². The zero-order valence-corrected chi connectivity index (χ0v) is 26.8. The number of nitrogens with one attached hydrogen (secondary N) is 1. The molecule has 1 saturated heterocycles. The van der Waals surface area contributed by atoms with Gasteiger partial charge in [-0.25, -0.2) is 17.5 Å². The Kier molecular flexibility index (Phi) is 12.6. The number of nitrogens with two attached hydrogens (primary N) is 1. The third-order valence-corrected chi connectivity index (χ3v) is 10.7. The predicted molar refractivity (Wildman–Crippen MR) is 169 cm³/mol. The van der Waals surface area contributed by atoms with Crippen LogP contribution in [0, 0.1) is 13.8 Å². The van der Waals surface area contributed by atoms with Crippen LogP contribution in [-0.4, -0.2) is 73.0 Å². The fraction of sp³-hybridized carbons (Fsp3) is 0.677. The average molecular weight is 620 g/mol. The largest absolute Gasteiger partial charge is 0.481 e. The van der Waals surface area contributed by atoms with Gasteiger partial charge in [0.15, 0.2) is 0 Å². The van der Waals surface area contributed by atoms with Crippen LogP contribution in [0.2, 0.25) is 0 Å². The maximum Gasteiger partial charge on any atom is 0.318 e. The van der Waals surface area contributed by atoms with Gasteiger partial charge in [0.25, 0.3) is 5.91 Å². The van der Waals surface area contributed by atoms with Crippen LogP contribution in [0.3, 0.4) is 0 Å². The molecule has 1 fully saturated rings. The first kappa shape index (κ1) is 34.5. The Morgan fingerprint density at radius 3 is 2.05 bits per heavy atom. The van der Waals surface area contributed by atoms with Gasteiger partial charge >= 0.3 is 12.0 Å². The lowest BCUT2D eigenvalue weighted by Crippen LogP contribution is -2.50. The predicted octanol–water partition coefficient (Wildman–Crippen LogP) is 4.43. The second-order valence-corrected chi connectivity index (χ2v) is 14.1. The highest BCUT2D eigenvalue weighted by atomic mass is 32.2. The van der Waals surface area contributed by atoms with Crippen molar-refractivity contribution in [3.8, 4) is 0 Å². The molecule has 3 amide bonds. The van der Waals surface area contributed by atoms with Gasteiger partial charge in [-0.3, -0.25) is 19.5 Å². The van der Waals surface area contributed by atoms with Crippen LogP contribution in [0.5, 0.6) is 0 Å². The molecule has 240 valence electrons. The summed E-state index contributed by atoms with van der Waals surface area (Å²) < 4.78 is 28.0. The molecule has 0 unspecified atom stereocenters. The molecule has 1 aromatic carbocycles. The van der Waals surface area contributed by atoms with E-state index in [1.807, 2.05) is 26.0 Å².